The van der Waals surface area contributed by atoms with E-state index < -0.39 is 0 Å². The van der Waals surface area contributed by atoms with Crippen molar-refractivity contribution < 1.29 is 4.74 Å². The first-order valence-corrected chi connectivity index (χ1v) is 6.85. The zero-order valence-corrected chi connectivity index (χ0v) is 11.4. The molecule has 102 valence electrons. The highest BCUT2D eigenvalue weighted by Gasteiger charge is 2.25. The third kappa shape index (κ3) is 2.90. The van der Waals surface area contributed by atoms with Gasteiger partial charge in [-0.15, -0.1) is 10.2 Å². The van der Waals surface area contributed by atoms with Gasteiger partial charge in [-0.3, -0.25) is 0 Å². The van der Waals surface area contributed by atoms with Crippen molar-refractivity contribution in [2.45, 2.75) is 45.1 Å². The maximum Gasteiger partial charge on any atom is 0.136 e. The molecule has 5 heteroatoms. The molecule has 2 N–H and O–H groups in total. The molecule has 1 heterocycles. The summed E-state index contributed by atoms with van der Waals surface area (Å²) in [5, 5.41) is 8.59. The smallest absolute Gasteiger partial charge is 0.136 e. The molecule has 1 fully saturated rings. The largest absolute Gasteiger partial charge is 0.383 e. The Balaban J connectivity index is 2.04. The van der Waals surface area contributed by atoms with E-state index in [1.165, 1.54) is 25.7 Å². The molecule has 2 rings (SSSR count). The van der Waals surface area contributed by atoms with Gasteiger partial charge in [0.05, 0.1) is 6.61 Å². The van der Waals surface area contributed by atoms with Crippen LogP contribution in [0.15, 0.2) is 0 Å². The van der Waals surface area contributed by atoms with Crippen molar-refractivity contribution in [2.75, 3.05) is 20.3 Å². The molecule has 0 spiro atoms. The first-order chi connectivity index (χ1) is 8.76. The van der Waals surface area contributed by atoms with Crippen LogP contribution in [0.4, 0.5) is 0 Å². The van der Waals surface area contributed by atoms with Crippen molar-refractivity contribution in [1.29, 1.82) is 0 Å². The monoisotopic (exact) mass is 252 g/mol. The fourth-order valence-corrected chi connectivity index (χ4v) is 2.81. The van der Waals surface area contributed by atoms with Crippen LogP contribution in [0.5, 0.6) is 0 Å². The zero-order chi connectivity index (χ0) is 13.0. The van der Waals surface area contributed by atoms with E-state index in [9.17, 15) is 0 Å². The molecule has 18 heavy (non-hydrogen) atoms. The zero-order valence-electron chi connectivity index (χ0n) is 11.4. The molecule has 1 aliphatic carbocycles. The summed E-state index contributed by atoms with van der Waals surface area (Å²) in [5.74, 6) is 3.38. The molecule has 1 aromatic heterocycles. The fraction of sp³-hybridized carbons (Fsp3) is 0.846. The molecule has 0 aromatic carbocycles. The SMILES string of the molecule is COCCn1c(C)nnc1C1CCC(CN)CC1. The molecule has 0 saturated heterocycles. The molecule has 0 atom stereocenters. The Morgan fingerprint density at radius 3 is 2.61 bits per heavy atom. The van der Waals surface area contributed by atoms with Gasteiger partial charge in [-0.25, -0.2) is 0 Å². The van der Waals surface area contributed by atoms with Crippen molar-refractivity contribution in [3.05, 3.63) is 11.6 Å². The third-order valence-electron chi connectivity index (χ3n) is 4.03. The lowest BCUT2D eigenvalue weighted by atomic mass is 9.81. The highest BCUT2D eigenvalue weighted by molar-refractivity contribution is 5.03. The minimum atomic E-state index is 0.547. The second-order valence-electron chi connectivity index (χ2n) is 5.20. The quantitative estimate of drug-likeness (QED) is 0.861. The predicted molar refractivity (Wildman–Crippen MR) is 70.4 cm³/mol. The Bertz CT molecular complexity index is 369. The molecular weight excluding hydrogens is 228 g/mol. The van der Waals surface area contributed by atoms with Gasteiger partial charge < -0.3 is 15.0 Å². The van der Waals surface area contributed by atoms with E-state index in [-0.39, 0.29) is 0 Å². The second-order valence-corrected chi connectivity index (χ2v) is 5.20. The number of methoxy groups -OCH3 is 1. The van der Waals surface area contributed by atoms with Crippen LogP contribution < -0.4 is 5.73 Å². The highest BCUT2D eigenvalue weighted by atomic mass is 16.5. The molecule has 1 aromatic rings. The summed E-state index contributed by atoms with van der Waals surface area (Å²) in [5.41, 5.74) is 5.74. The average Bonchev–Trinajstić information content (AvgIpc) is 2.78. The summed E-state index contributed by atoms with van der Waals surface area (Å²) in [4.78, 5) is 0. The van der Waals surface area contributed by atoms with Crippen molar-refractivity contribution >= 4 is 0 Å². The fourth-order valence-electron chi connectivity index (χ4n) is 2.81. The number of nitrogens with two attached hydrogens (primary N) is 1. The summed E-state index contributed by atoms with van der Waals surface area (Å²) in [6.07, 6.45) is 4.81. The van der Waals surface area contributed by atoms with Crippen LogP contribution in [0.25, 0.3) is 0 Å². The normalized spacial score (nSPS) is 24.4. The Kier molecular flexibility index (Phi) is 4.72. The molecular formula is C13H24N4O. The van der Waals surface area contributed by atoms with E-state index in [4.69, 9.17) is 10.5 Å². The number of rotatable bonds is 5. The van der Waals surface area contributed by atoms with Crippen molar-refractivity contribution in [1.82, 2.24) is 14.8 Å². The maximum absolute atomic E-state index is 5.74. The van der Waals surface area contributed by atoms with Gasteiger partial charge in [0, 0.05) is 19.6 Å². The second kappa shape index (κ2) is 6.29. The minimum absolute atomic E-state index is 0.547. The van der Waals surface area contributed by atoms with E-state index in [1.807, 2.05) is 6.92 Å². The van der Waals surface area contributed by atoms with Crippen molar-refractivity contribution in [3.8, 4) is 0 Å². The summed E-state index contributed by atoms with van der Waals surface area (Å²) < 4.78 is 7.36. The predicted octanol–water partition coefficient (Wildman–Crippen LogP) is 1.47. The molecule has 5 nitrogen and oxygen atoms in total. The number of aromatic nitrogens is 3. The molecule has 0 unspecified atom stereocenters. The van der Waals surface area contributed by atoms with Crippen molar-refractivity contribution in [2.24, 2.45) is 11.7 Å². The summed E-state index contributed by atoms with van der Waals surface area (Å²) >= 11 is 0. The van der Waals surface area contributed by atoms with Crippen LogP contribution in [-0.4, -0.2) is 35.0 Å². The van der Waals surface area contributed by atoms with Gasteiger partial charge in [0.1, 0.15) is 11.6 Å². The number of ether oxygens (including phenoxy) is 1. The third-order valence-corrected chi connectivity index (χ3v) is 4.03. The van der Waals surface area contributed by atoms with Crippen LogP contribution in [-0.2, 0) is 11.3 Å². The van der Waals surface area contributed by atoms with E-state index in [0.29, 0.717) is 18.4 Å². The van der Waals surface area contributed by atoms with Gasteiger partial charge in [-0.1, -0.05) is 0 Å². The average molecular weight is 252 g/mol. The van der Waals surface area contributed by atoms with Crippen LogP contribution in [0.2, 0.25) is 0 Å². The number of hydrogen-bond acceptors (Lipinski definition) is 4. The maximum atomic E-state index is 5.74. The van der Waals surface area contributed by atoms with Crippen LogP contribution in [0.1, 0.15) is 43.3 Å². The summed E-state index contributed by atoms with van der Waals surface area (Å²) in [6, 6.07) is 0. The topological polar surface area (TPSA) is 66.0 Å². The first kappa shape index (κ1) is 13.5. The van der Waals surface area contributed by atoms with Crippen LogP contribution in [0, 0.1) is 12.8 Å². The lowest BCUT2D eigenvalue weighted by molar-refractivity contribution is 0.184. The lowest BCUT2D eigenvalue weighted by Crippen LogP contribution is -2.22. The Hall–Kier alpha value is -0.940. The van der Waals surface area contributed by atoms with Gasteiger partial charge in [0.2, 0.25) is 0 Å². The van der Waals surface area contributed by atoms with Gasteiger partial charge >= 0.3 is 0 Å². The number of nitrogens with zero attached hydrogens (tertiary/aromatic N) is 3. The van der Waals surface area contributed by atoms with Crippen LogP contribution >= 0.6 is 0 Å². The number of aryl methyl sites for hydroxylation is 1. The first-order valence-electron chi connectivity index (χ1n) is 6.85. The standard InChI is InChI=1S/C13H24N4O/c1-10-15-16-13(17(10)7-8-18-2)12-5-3-11(9-14)4-6-12/h11-12H,3-9,14H2,1-2H3. The Morgan fingerprint density at radius 1 is 1.28 bits per heavy atom. The molecule has 0 bridgehead atoms. The molecule has 1 aliphatic rings. The van der Waals surface area contributed by atoms with E-state index in [2.05, 4.69) is 14.8 Å². The van der Waals surface area contributed by atoms with Gasteiger partial charge in [0.25, 0.3) is 0 Å². The van der Waals surface area contributed by atoms with Gasteiger partial charge in [-0.2, -0.15) is 0 Å². The number of hydrogen-bond donors (Lipinski definition) is 1. The van der Waals surface area contributed by atoms with E-state index in [1.54, 1.807) is 7.11 Å². The highest BCUT2D eigenvalue weighted by Crippen LogP contribution is 2.34. The Morgan fingerprint density at radius 2 is 2.00 bits per heavy atom. The summed E-state index contributed by atoms with van der Waals surface area (Å²) in [6.45, 7) is 4.39. The molecule has 1 saturated carbocycles. The Labute approximate surface area is 109 Å². The van der Waals surface area contributed by atoms with Crippen LogP contribution in [0.3, 0.4) is 0 Å². The van der Waals surface area contributed by atoms with Crippen molar-refractivity contribution in [3.63, 3.8) is 0 Å². The minimum Gasteiger partial charge on any atom is -0.383 e. The summed E-state index contributed by atoms with van der Waals surface area (Å²) in [7, 11) is 1.73. The lowest BCUT2D eigenvalue weighted by Gasteiger charge is -2.27. The van der Waals surface area contributed by atoms with Gasteiger partial charge in [-0.05, 0) is 45.1 Å². The van der Waals surface area contributed by atoms with E-state index >= 15 is 0 Å². The van der Waals surface area contributed by atoms with E-state index in [0.717, 1.165) is 24.7 Å². The molecule has 0 radical (unpaired) electrons. The molecule has 0 aliphatic heterocycles. The molecule has 0 amide bonds. The van der Waals surface area contributed by atoms with Gasteiger partial charge in [0.15, 0.2) is 0 Å².